The number of hydrogen-bond donors (Lipinski definition) is 3. The number of nitrogens with two attached hydrogens (primary N) is 1. The fourth-order valence-corrected chi connectivity index (χ4v) is 2.97. The monoisotopic (exact) mass is 284 g/mol. The van der Waals surface area contributed by atoms with E-state index in [1.807, 2.05) is 0 Å². The van der Waals surface area contributed by atoms with Crippen molar-refractivity contribution < 1.29 is 29.3 Å². The Morgan fingerprint density at radius 1 is 1.50 bits per heavy atom. The van der Waals surface area contributed by atoms with Crippen LogP contribution >= 0.6 is 0 Å². The van der Waals surface area contributed by atoms with Crippen LogP contribution in [0.15, 0.2) is 11.3 Å². The van der Waals surface area contributed by atoms with Crippen molar-refractivity contribution in [2.45, 2.75) is 31.6 Å². The molecule has 0 aromatic rings. The van der Waals surface area contributed by atoms with Crippen LogP contribution in [0.3, 0.4) is 0 Å². The minimum Gasteiger partial charge on any atom is -0.477 e. The highest BCUT2D eigenvalue weighted by molar-refractivity contribution is 6.01. The van der Waals surface area contributed by atoms with Crippen LogP contribution in [0.2, 0.25) is 0 Å². The number of hydrogen-bond acceptors (Lipinski definition) is 5. The van der Waals surface area contributed by atoms with Gasteiger partial charge in [0.2, 0.25) is 5.91 Å². The molecule has 0 aromatic heterocycles. The number of carboxylic acids is 1. The molecule has 110 valence electrons. The molecule has 1 fully saturated rings. The molecule has 2 amide bonds. The van der Waals surface area contributed by atoms with E-state index in [0.717, 1.165) is 4.90 Å². The Morgan fingerprint density at radius 2 is 2.10 bits per heavy atom. The molecule has 20 heavy (non-hydrogen) atoms. The molecule has 2 rings (SSSR count). The Kier molecular flexibility index (Phi) is 3.53. The molecule has 2 aliphatic rings. The van der Waals surface area contributed by atoms with Crippen molar-refractivity contribution in [2.75, 3.05) is 7.11 Å². The fraction of sp³-hybridized carbons (Fsp3) is 0.583. The van der Waals surface area contributed by atoms with Crippen LogP contribution in [0.5, 0.6) is 0 Å². The molecule has 1 saturated heterocycles. The average Bonchev–Trinajstić information content (AvgIpc) is 2.64. The van der Waals surface area contributed by atoms with Crippen molar-refractivity contribution in [2.24, 2.45) is 11.7 Å². The lowest BCUT2D eigenvalue weighted by Gasteiger charge is -2.44. The summed E-state index contributed by atoms with van der Waals surface area (Å²) in [6.07, 6.45) is -1.91. The molecule has 4 atom stereocenters. The van der Waals surface area contributed by atoms with Crippen molar-refractivity contribution in [3.05, 3.63) is 11.3 Å². The van der Waals surface area contributed by atoms with E-state index < -0.39 is 42.0 Å². The average molecular weight is 284 g/mol. The molecule has 0 radical (unpaired) electrons. The topological polar surface area (TPSA) is 130 Å². The first-order chi connectivity index (χ1) is 9.31. The molecule has 0 saturated carbocycles. The van der Waals surface area contributed by atoms with Gasteiger partial charge in [0.05, 0.1) is 18.1 Å². The first-order valence-electron chi connectivity index (χ1n) is 6.10. The molecule has 0 aromatic carbocycles. The Morgan fingerprint density at radius 3 is 2.50 bits per heavy atom. The lowest BCUT2D eigenvalue weighted by Crippen LogP contribution is -2.61. The maximum atomic E-state index is 11.9. The third-order valence-corrected chi connectivity index (χ3v) is 3.78. The maximum Gasteiger partial charge on any atom is 0.352 e. The summed E-state index contributed by atoms with van der Waals surface area (Å²) in [7, 11) is 1.24. The van der Waals surface area contributed by atoms with E-state index in [2.05, 4.69) is 0 Å². The number of fused-ring (bicyclic) bond motifs is 1. The van der Waals surface area contributed by atoms with Gasteiger partial charge in [0.15, 0.2) is 6.10 Å². The molecule has 2 aliphatic heterocycles. The van der Waals surface area contributed by atoms with Gasteiger partial charge in [-0.3, -0.25) is 9.59 Å². The van der Waals surface area contributed by atoms with Gasteiger partial charge in [-0.15, -0.1) is 0 Å². The highest BCUT2D eigenvalue weighted by Gasteiger charge is 2.57. The van der Waals surface area contributed by atoms with Crippen LogP contribution in [-0.2, 0) is 19.1 Å². The van der Waals surface area contributed by atoms with E-state index in [0.29, 0.717) is 0 Å². The number of aliphatic hydroxyl groups is 1. The number of primary amides is 1. The van der Waals surface area contributed by atoms with Gasteiger partial charge in [0.1, 0.15) is 5.70 Å². The number of rotatable bonds is 5. The Balaban J connectivity index is 2.40. The van der Waals surface area contributed by atoms with Crippen molar-refractivity contribution in [3.8, 4) is 0 Å². The molecule has 0 aliphatic carbocycles. The maximum absolute atomic E-state index is 11.9. The van der Waals surface area contributed by atoms with Crippen LogP contribution in [0.1, 0.15) is 13.3 Å². The smallest absolute Gasteiger partial charge is 0.352 e. The summed E-state index contributed by atoms with van der Waals surface area (Å²) >= 11 is 0. The third kappa shape index (κ3) is 1.88. The number of methoxy groups -OCH3 is 1. The molecular formula is C12H16N2O6. The largest absolute Gasteiger partial charge is 0.477 e. The third-order valence-electron chi connectivity index (χ3n) is 3.78. The van der Waals surface area contributed by atoms with Crippen molar-refractivity contribution >= 4 is 17.8 Å². The zero-order valence-electron chi connectivity index (χ0n) is 11.1. The van der Waals surface area contributed by atoms with Gasteiger partial charge in [-0.1, -0.05) is 0 Å². The van der Waals surface area contributed by atoms with Gasteiger partial charge in [0, 0.05) is 12.7 Å². The summed E-state index contributed by atoms with van der Waals surface area (Å²) in [5, 5.41) is 18.8. The number of carbonyl (C=O) groups is 3. The number of ether oxygens (including phenoxy) is 1. The standard InChI is InChI=1S/C12H16N2O6/c1-4(15)7-6-3-5(9(20-2)10(13)16)8(12(18)19)14(6)11(7)17/h4,6-7,9,15H,3H2,1-2H3,(H2,13,16)(H,18,19). The zero-order valence-corrected chi connectivity index (χ0v) is 11.1. The van der Waals surface area contributed by atoms with Crippen molar-refractivity contribution in [1.29, 1.82) is 0 Å². The predicted molar refractivity (Wildman–Crippen MR) is 65.1 cm³/mol. The summed E-state index contributed by atoms with van der Waals surface area (Å²) in [6.45, 7) is 1.47. The zero-order chi connectivity index (χ0) is 15.2. The summed E-state index contributed by atoms with van der Waals surface area (Å²) < 4.78 is 4.94. The molecule has 4 N–H and O–H groups in total. The van der Waals surface area contributed by atoms with Gasteiger partial charge >= 0.3 is 5.97 Å². The number of nitrogens with zero attached hydrogens (tertiary/aromatic N) is 1. The lowest BCUT2D eigenvalue weighted by molar-refractivity contribution is -0.161. The second-order valence-electron chi connectivity index (χ2n) is 4.94. The van der Waals surface area contributed by atoms with Crippen LogP contribution < -0.4 is 5.73 Å². The highest BCUT2D eigenvalue weighted by Crippen LogP contribution is 2.44. The van der Waals surface area contributed by atoms with Crippen LogP contribution in [0.4, 0.5) is 0 Å². The second-order valence-corrected chi connectivity index (χ2v) is 4.94. The lowest BCUT2D eigenvalue weighted by atomic mass is 9.82. The van der Waals surface area contributed by atoms with Gasteiger partial charge in [-0.25, -0.2) is 4.79 Å². The van der Waals surface area contributed by atoms with Gasteiger partial charge < -0.3 is 25.6 Å². The number of aliphatic hydroxyl groups excluding tert-OH is 1. The number of β-lactam (4-membered cyclic amide) rings is 1. The molecule has 8 heteroatoms. The van der Waals surface area contributed by atoms with Gasteiger partial charge in [0.25, 0.3) is 5.91 Å². The number of aliphatic carboxylic acids is 1. The Hall–Kier alpha value is -1.93. The van der Waals surface area contributed by atoms with E-state index in [-0.39, 0.29) is 17.7 Å². The summed E-state index contributed by atoms with van der Waals surface area (Å²) in [5.74, 6) is -3.25. The van der Waals surface area contributed by atoms with Gasteiger partial charge in [-0.05, 0) is 13.3 Å². The summed E-state index contributed by atoms with van der Waals surface area (Å²) in [6, 6.07) is -0.458. The Labute approximate surface area is 114 Å². The normalized spacial score (nSPS) is 27.9. The highest BCUT2D eigenvalue weighted by atomic mass is 16.5. The number of amides is 2. The summed E-state index contributed by atoms with van der Waals surface area (Å²) in [4.78, 5) is 35.7. The van der Waals surface area contributed by atoms with E-state index in [1.165, 1.54) is 14.0 Å². The van der Waals surface area contributed by atoms with Crippen LogP contribution in [0, 0.1) is 5.92 Å². The SMILES string of the molecule is COC(C(N)=O)C1=C(C(=O)O)N2C(=O)C(C(C)O)C2C1. The van der Waals surface area contributed by atoms with E-state index >= 15 is 0 Å². The minimum atomic E-state index is -1.32. The summed E-state index contributed by atoms with van der Waals surface area (Å²) in [5.41, 5.74) is 5.10. The number of carbonyl (C=O) groups excluding carboxylic acids is 2. The first kappa shape index (κ1) is 14.5. The quantitative estimate of drug-likeness (QED) is 0.523. The molecule has 0 bridgehead atoms. The predicted octanol–water partition coefficient (Wildman–Crippen LogP) is -1.56. The minimum absolute atomic E-state index is 0.157. The van der Waals surface area contributed by atoms with Crippen LogP contribution in [0.25, 0.3) is 0 Å². The van der Waals surface area contributed by atoms with E-state index in [1.54, 1.807) is 0 Å². The molecule has 4 unspecified atom stereocenters. The molecular weight excluding hydrogens is 268 g/mol. The van der Waals surface area contributed by atoms with Gasteiger partial charge in [-0.2, -0.15) is 0 Å². The number of carboxylic acid groups (broad SMARTS) is 1. The van der Waals surface area contributed by atoms with Crippen LogP contribution in [-0.4, -0.2) is 58.3 Å². The Bertz CT molecular complexity index is 512. The van der Waals surface area contributed by atoms with E-state index in [4.69, 9.17) is 10.5 Å². The van der Waals surface area contributed by atoms with Crippen molar-refractivity contribution in [3.63, 3.8) is 0 Å². The molecule has 2 heterocycles. The fourth-order valence-electron chi connectivity index (χ4n) is 2.97. The first-order valence-corrected chi connectivity index (χ1v) is 6.10. The van der Waals surface area contributed by atoms with Crippen molar-refractivity contribution in [1.82, 2.24) is 4.90 Å². The second kappa shape index (κ2) is 4.88. The molecule has 0 spiro atoms. The molecule has 8 nitrogen and oxygen atoms in total. The van der Waals surface area contributed by atoms with E-state index in [9.17, 15) is 24.6 Å².